The van der Waals surface area contributed by atoms with E-state index in [9.17, 15) is 0 Å². The van der Waals surface area contributed by atoms with Crippen LogP contribution in [-0.2, 0) is 6.54 Å². The monoisotopic (exact) mass is 209 g/mol. The van der Waals surface area contributed by atoms with Crippen molar-refractivity contribution in [3.05, 3.63) is 35.9 Å². The normalized spacial score (nSPS) is 10.9. The van der Waals surface area contributed by atoms with Crippen LogP contribution in [-0.4, -0.2) is 29.5 Å². The molecule has 0 spiro atoms. The Kier molecular flexibility index (Phi) is 6.00. The van der Waals surface area contributed by atoms with Crippen molar-refractivity contribution in [2.24, 2.45) is 0 Å². The van der Waals surface area contributed by atoms with E-state index in [1.54, 1.807) is 0 Å². The summed E-state index contributed by atoms with van der Waals surface area (Å²) in [7, 11) is 0. The molecule has 0 aliphatic rings. The second-order valence-corrected chi connectivity index (χ2v) is 3.59. The zero-order valence-electron chi connectivity index (χ0n) is 8.89. The molecular weight excluding hydrogens is 190 g/mol. The van der Waals surface area contributed by atoms with Gasteiger partial charge in [-0.3, -0.25) is 0 Å². The van der Waals surface area contributed by atoms with Crippen molar-refractivity contribution in [3.8, 4) is 0 Å². The second kappa shape index (κ2) is 7.40. The van der Waals surface area contributed by atoms with Gasteiger partial charge in [-0.25, -0.2) is 0 Å². The first kappa shape index (κ1) is 12.2. The lowest BCUT2D eigenvalue weighted by Gasteiger charge is -2.16. The highest BCUT2D eigenvalue weighted by atomic mass is 16.3. The zero-order chi connectivity index (χ0) is 10.9. The molecular formula is C12H19NO2. The topological polar surface area (TPSA) is 52.5 Å². The van der Waals surface area contributed by atoms with Crippen LogP contribution < -0.4 is 5.32 Å². The highest BCUT2D eigenvalue weighted by Gasteiger charge is 2.06. The van der Waals surface area contributed by atoms with E-state index in [1.807, 2.05) is 18.2 Å². The summed E-state index contributed by atoms with van der Waals surface area (Å²) in [6, 6.07) is 10.3. The van der Waals surface area contributed by atoms with Crippen LogP contribution >= 0.6 is 0 Å². The predicted octanol–water partition coefficient (Wildman–Crippen LogP) is 0.910. The Balaban J connectivity index is 2.33. The van der Waals surface area contributed by atoms with Gasteiger partial charge in [0.25, 0.3) is 0 Å². The molecule has 0 unspecified atom stereocenters. The molecule has 0 amide bonds. The average Bonchev–Trinajstić information content (AvgIpc) is 2.28. The van der Waals surface area contributed by atoms with E-state index in [2.05, 4.69) is 17.4 Å². The summed E-state index contributed by atoms with van der Waals surface area (Å²) in [6.45, 7) is 1.10. The standard InChI is InChI=1S/C12H19NO2/c14-8-6-12(7-9-15)13-10-11-4-2-1-3-5-11/h1-5,12-15H,6-10H2. The fourth-order valence-corrected chi connectivity index (χ4v) is 1.52. The fourth-order valence-electron chi connectivity index (χ4n) is 1.52. The molecule has 0 fully saturated rings. The maximum Gasteiger partial charge on any atom is 0.0445 e. The van der Waals surface area contributed by atoms with Gasteiger partial charge in [-0.15, -0.1) is 0 Å². The van der Waals surface area contributed by atoms with Crippen molar-refractivity contribution >= 4 is 0 Å². The largest absolute Gasteiger partial charge is 0.396 e. The molecule has 1 aromatic rings. The molecule has 3 N–H and O–H groups in total. The number of aliphatic hydroxyl groups excluding tert-OH is 2. The second-order valence-electron chi connectivity index (χ2n) is 3.59. The van der Waals surface area contributed by atoms with Crippen LogP contribution in [0.1, 0.15) is 18.4 Å². The van der Waals surface area contributed by atoms with E-state index in [4.69, 9.17) is 10.2 Å². The molecule has 0 saturated heterocycles. The van der Waals surface area contributed by atoms with Crippen molar-refractivity contribution in [1.29, 1.82) is 0 Å². The lowest BCUT2D eigenvalue weighted by molar-refractivity contribution is 0.227. The van der Waals surface area contributed by atoms with Gasteiger partial charge in [0.05, 0.1) is 0 Å². The first-order valence-electron chi connectivity index (χ1n) is 5.36. The summed E-state index contributed by atoms with van der Waals surface area (Å²) in [5.74, 6) is 0. The molecule has 0 radical (unpaired) electrons. The number of nitrogens with one attached hydrogen (secondary N) is 1. The maximum atomic E-state index is 8.84. The quantitative estimate of drug-likeness (QED) is 0.625. The van der Waals surface area contributed by atoms with Crippen molar-refractivity contribution in [2.75, 3.05) is 13.2 Å². The third kappa shape index (κ3) is 4.93. The lowest BCUT2D eigenvalue weighted by atomic mass is 10.1. The van der Waals surface area contributed by atoms with Gasteiger partial charge in [0.1, 0.15) is 0 Å². The Morgan fingerprint density at radius 1 is 1.00 bits per heavy atom. The van der Waals surface area contributed by atoms with E-state index in [0.29, 0.717) is 12.8 Å². The third-order valence-electron chi connectivity index (χ3n) is 2.39. The smallest absolute Gasteiger partial charge is 0.0445 e. The molecule has 15 heavy (non-hydrogen) atoms. The lowest BCUT2D eigenvalue weighted by Crippen LogP contribution is -2.30. The number of benzene rings is 1. The molecule has 0 aliphatic carbocycles. The van der Waals surface area contributed by atoms with Crippen LogP contribution in [0.3, 0.4) is 0 Å². The van der Waals surface area contributed by atoms with Gasteiger partial charge < -0.3 is 15.5 Å². The van der Waals surface area contributed by atoms with Gasteiger partial charge in [0, 0.05) is 25.8 Å². The van der Waals surface area contributed by atoms with Crippen molar-refractivity contribution in [2.45, 2.75) is 25.4 Å². The number of hydrogen-bond donors (Lipinski definition) is 3. The molecule has 1 rings (SSSR count). The summed E-state index contributed by atoms with van der Waals surface area (Å²) >= 11 is 0. The van der Waals surface area contributed by atoms with Gasteiger partial charge in [-0.1, -0.05) is 30.3 Å². The highest BCUT2D eigenvalue weighted by molar-refractivity contribution is 5.14. The minimum absolute atomic E-state index is 0.159. The molecule has 84 valence electrons. The summed E-state index contributed by atoms with van der Waals surface area (Å²) in [6.07, 6.45) is 1.38. The van der Waals surface area contributed by atoms with E-state index >= 15 is 0 Å². The summed E-state index contributed by atoms with van der Waals surface area (Å²) in [5.41, 5.74) is 1.22. The molecule has 3 heteroatoms. The number of aliphatic hydroxyl groups is 2. The van der Waals surface area contributed by atoms with E-state index in [1.165, 1.54) is 5.56 Å². The average molecular weight is 209 g/mol. The minimum Gasteiger partial charge on any atom is -0.396 e. The van der Waals surface area contributed by atoms with Crippen LogP contribution in [0.2, 0.25) is 0 Å². The zero-order valence-corrected chi connectivity index (χ0v) is 8.89. The van der Waals surface area contributed by atoms with Gasteiger partial charge in [0.2, 0.25) is 0 Å². The molecule has 0 bridgehead atoms. The maximum absolute atomic E-state index is 8.84. The molecule has 0 aliphatic heterocycles. The summed E-state index contributed by atoms with van der Waals surface area (Å²) in [5, 5.41) is 21.0. The fraction of sp³-hybridized carbons (Fsp3) is 0.500. The molecule has 0 aromatic heterocycles. The van der Waals surface area contributed by atoms with Crippen molar-refractivity contribution in [3.63, 3.8) is 0 Å². The Morgan fingerprint density at radius 2 is 1.60 bits per heavy atom. The van der Waals surface area contributed by atoms with Crippen molar-refractivity contribution in [1.82, 2.24) is 5.32 Å². The number of hydrogen-bond acceptors (Lipinski definition) is 3. The molecule has 1 aromatic carbocycles. The third-order valence-corrected chi connectivity index (χ3v) is 2.39. The molecule has 0 atom stereocenters. The first-order chi connectivity index (χ1) is 7.36. The predicted molar refractivity (Wildman–Crippen MR) is 60.5 cm³/mol. The Labute approximate surface area is 90.8 Å². The molecule has 0 saturated carbocycles. The highest BCUT2D eigenvalue weighted by Crippen LogP contribution is 2.02. The first-order valence-corrected chi connectivity index (χ1v) is 5.36. The summed E-state index contributed by atoms with van der Waals surface area (Å²) in [4.78, 5) is 0. The van der Waals surface area contributed by atoms with Crippen LogP contribution in [0, 0.1) is 0 Å². The van der Waals surface area contributed by atoms with E-state index in [0.717, 1.165) is 6.54 Å². The minimum atomic E-state index is 0.159. The van der Waals surface area contributed by atoms with E-state index in [-0.39, 0.29) is 19.3 Å². The van der Waals surface area contributed by atoms with Gasteiger partial charge in [-0.05, 0) is 18.4 Å². The molecule has 3 nitrogen and oxygen atoms in total. The van der Waals surface area contributed by atoms with Crippen LogP contribution in [0.4, 0.5) is 0 Å². The number of rotatable bonds is 7. The van der Waals surface area contributed by atoms with Crippen LogP contribution in [0.25, 0.3) is 0 Å². The Morgan fingerprint density at radius 3 is 2.13 bits per heavy atom. The van der Waals surface area contributed by atoms with Crippen LogP contribution in [0.5, 0.6) is 0 Å². The summed E-state index contributed by atoms with van der Waals surface area (Å²) < 4.78 is 0. The van der Waals surface area contributed by atoms with Gasteiger partial charge in [-0.2, -0.15) is 0 Å². The van der Waals surface area contributed by atoms with Gasteiger partial charge in [0.15, 0.2) is 0 Å². The SMILES string of the molecule is OCCC(CCO)NCc1ccccc1. The van der Waals surface area contributed by atoms with Crippen LogP contribution in [0.15, 0.2) is 30.3 Å². The van der Waals surface area contributed by atoms with Gasteiger partial charge >= 0.3 is 0 Å². The Bertz CT molecular complexity index is 245. The van der Waals surface area contributed by atoms with E-state index < -0.39 is 0 Å². The van der Waals surface area contributed by atoms with Crippen molar-refractivity contribution < 1.29 is 10.2 Å². The molecule has 0 heterocycles. The Hall–Kier alpha value is -0.900.